The first-order valence-corrected chi connectivity index (χ1v) is 7.79. The lowest BCUT2D eigenvalue weighted by molar-refractivity contribution is 1.51. The fourth-order valence-corrected chi connectivity index (χ4v) is 3.49. The topological polar surface area (TPSA) is 23.8 Å². The Morgan fingerprint density at radius 1 is 1.38 bits per heavy atom. The molecule has 0 amide bonds. The highest BCUT2D eigenvalue weighted by Gasteiger charge is 1.93. The molecule has 0 atom stereocenters. The van der Waals surface area contributed by atoms with Gasteiger partial charge in [0.1, 0.15) is 0 Å². The lowest BCUT2D eigenvalue weighted by atomic mass is 11.0. The number of nitrogens with zero attached hydrogens (tertiary/aromatic N) is 1. The molecule has 0 bridgehead atoms. The molecule has 0 N–H and O–H groups in total. The summed E-state index contributed by atoms with van der Waals surface area (Å²) in [5, 5.41) is 0. The second kappa shape index (κ2) is 2.77. The van der Waals surface area contributed by atoms with Crippen LogP contribution in [0.25, 0.3) is 0 Å². The largest absolute Gasteiger partial charge is 0.191 e. The maximum Gasteiger partial charge on any atom is 0.0282 e. The summed E-state index contributed by atoms with van der Waals surface area (Å²) in [7, 11) is -0.283. The molecule has 0 aromatic carbocycles. The number of rotatable bonds is 0. The van der Waals surface area contributed by atoms with E-state index in [1.807, 2.05) is 6.92 Å². The van der Waals surface area contributed by atoms with E-state index in [9.17, 15) is 4.61 Å². The predicted octanol–water partition coefficient (Wildman–Crippen LogP) is 1.93. The van der Waals surface area contributed by atoms with Gasteiger partial charge in [0.2, 0.25) is 0 Å². The highest BCUT2D eigenvalue weighted by molar-refractivity contribution is 8.25. The van der Waals surface area contributed by atoms with Crippen molar-refractivity contribution >= 4 is 15.7 Å². The lowest BCUT2D eigenvalue weighted by Crippen LogP contribution is -1.79. The first-order chi connectivity index (χ1) is 3.48. The zero-order valence-corrected chi connectivity index (χ0v) is 7.72. The van der Waals surface area contributed by atoms with Crippen LogP contribution in [0.3, 0.4) is 0 Å². The first-order valence-electron chi connectivity index (χ1n) is 2.70. The van der Waals surface area contributed by atoms with E-state index in [0.717, 1.165) is 5.75 Å². The van der Waals surface area contributed by atoms with E-state index in [-0.39, 0.29) is 9.70 Å². The Morgan fingerprint density at radius 3 is 1.75 bits per heavy atom. The van der Waals surface area contributed by atoms with Crippen LogP contribution in [0.4, 0.5) is 0 Å². The number of hydrogen-bond donors (Lipinski definition) is 0. The molecule has 0 aromatic rings. The van der Waals surface area contributed by atoms with Gasteiger partial charge >= 0.3 is 0 Å². The third-order valence-corrected chi connectivity index (χ3v) is 7.24. The van der Waals surface area contributed by atoms with Gasteiger partial charge < -0.3 is 0 Å². The predicted molar refractivity (Wildman–Crippen MR) is 44.3 cm³/mol. The van der Waals surface area contributed by atoms with Crippen molar-refractivity contribution in [3.63, 3.8) is 0 Å². The molecule has 0 heterocycles. The minimum Gasteiger partial charge on any atom is -0.191 e. The zero-order chi connectivity index (χ0) is 6.78. The molecule has 0 saturated heterocycles. The Kier molecular flexibility index (Phi) is 2.90. The van der Waals surface area contributed by atoms with Crippen molar-refractivity contribution < 1.29 is 0 Å². The van der Waals surface area contributed by atoms with Crippen molar-refractivity contribution in [3.8, 4) is 0 Å². The Hall–Kier alpha value is 0.360. The fraction of sp³-hybridized carbons (Fsp3) is 1.00. The summed E-state index contributed by atoms with van der Waals surface area (Å²) in [6, 6.07) is -0.923. The molecule has 0 fully saturated rings. The van der Waals surface area contributed by atoms with Crippen molar-refractivity contribution in [2.24, 2.45) is 0 Å². The summed E-state index contributed by atoms with van der Waals surface area (Å²) < 4.78 is 9.27. The SMILES string of the molecule is CCS(#N)=P(C)(C)C. The van der Waals surface area contributed by atoms with E-state index < -0.39 is 6.04 Å². The van der Waals surface area contributed by atoms with Crippen LogP contribution in [0.2, 0.25) is 0 Å². The van der Waals surface area contributed by atoms with E-state index in [0.29, 0.717) is 0 Å². The van der Waals surface area contributed by atoms with E-state index in [1.54, 1.807) is 0 Å². The Labute approximate surface area is 53.6 Å². The standard InChI is InChI=1S/C5H14NPS/c1-5-8(6)7(2,3)4/h5H2,1-4H3. The van der Waals surface area contributed by atoms with Gasteiger partial charge in [0, 0.05) is 5.75 Å². The summed E-state index contributed by atoms with van der Waals surface area (Å²) in [4.78, 5) is 0. The van der Waals surface area contributed by atoms with Gasteiger partial charge in [-0.25, -0.2) is 0 Å². The maximum absolute atomic E-state index is 9.27. The summed E-state index contributed by atoms with van der Waals surface area (Å²) in [6.45, 7) is 8.53. The van der Waals surface area contributed by atoms with E-state index in [1.165, 1.54) is 0 Å². The van der Waals surface area contributed by atoms with Gasteiger partial charge in [-0.3, -0.25) is 0 Å². The minimum atomic E-state index is -0.923. The van der Waals surface area contributed by atoms with E-state index in [4.69, 9.17) is 0 Å². The van der Waals surface area contributed by atoms with E-state index >= 15 is 0 Å². The highest BCUT2D eigenvalue weighted by Crippen LogP contribution is 2.34. The molecule has 0 aliphatic heterocycles. The first kappa shape index (κ1) is 8.36. The van der Waals surface area contributed by atoms with Gasteiger partial charge in [-0.15, -0.1) is 0 Å². The van der Waals surface area contributed by atoms with Crippen LogP contribution in [0.1, 0.15) is 6.92 Å². The van der Waals surface area contributed by atoms with Crippen molar-refractivity contribution in [2.75, 3.05) is 25.7 Å². The molecular formula is C5H14NPS. The Morgan fingerprint density at radius 2 is 1.75 bits per heavy atom. The molecule has 0 radical (unpaired) electrons. The van der Waals surface area contributed by atoms with Crippen LogP contribution in [-0.4, -0.2) is 25.7 Å². The van der Waals surface area contributed by atoms with Crippen molar-refractivity contribution in [1.82, 2.24) is 0 Å². The van der Waals surface area contributed by atoms with Crippen LogP contribution in [0, 0.1) is 4.61 Å². The van der Waals surface area contributed by atoms with Crippen molar-refractivity contribution in [1.29, 1.82) is 4.61 Å². The van der Waals surface area contributed by atoms with Gasteiger partial charge in [0.15, 0.2) is 0 Å². The lowest BCUT2D eigenvalue weighted by Gasteiger charge is -2.01. The van der Waals surface area contributed by atoms with Crippen molar-refractivity contribution in [2.45, 2.75) is 6.92 Å². The van der Waals surface area contributed by atoms with Gasteiger partial charge in [-0.1, -0.05) is 16.6 Å². The molecule has 3 heteroatoms. The Bertz CT molecular complexity index is 197. The van der Waals surface area contributed by atoms with Crippen LogP contribution < -0.4 is 0 Å². The van der Waals surface area contributed by atoms with Crippen LogP contribution in [0.15, 0.2) is 0 Å². The average Bonchev–Trinajstić information content (AvgIpc) is 1.62. The summed E-state index contributed by atoms with van der Waals surface area (Å²) in [5.41, 5.74) is 0. The average molecular weight is 151 g/mol. The molecule has 8 heavy (non-hydrogen) atoms. The molecule has 0 aliphatic rings. The molecule has 1 nitrogen and oxygen atoms in total. The molecule has 0 saturated carbocycles. The highest BCUT2D eigenvalue weighted by atomic mass is 32.5. The van der Waals surface area contributed by atoms with Crippen LogP contribution in [-0.2, 0) is 9.70 Å². The summed E-state index contributed by atoms with van der Waals surface area (Å²) >= 11 is 0. The van der Waals surface area contributed by atoms with E-state index in [2.05, 4.69) is 20.0 Å². The molecule has 0 aliphatic carbocycles. The summed E-state index contributed by atoms with van der Waals surface area (Å²) in [6.07, 6.45) is 0. The van der Waals surface area contributed by atoms with Gasteiger partial charge in [0.05, 0.1) is 0 Å². The normalized spacial score (nSPS) is 11.4. The summed E-state index contributed by atoms with van der Waals surface area (Å²) in [5.74, 6) is 0.928. The monoisotopic (exact) mass is 151 g/mol. The van der Waals surface area contributed by atoms with Gasteiger partial charge in [0.25, 0.3) is 0 Å². The van der Waals surface area contributed by atoms with Gasteiger partial charge in [-0.2, -0.15) is 4.61 Å². The molecule has 0 aromatic heterocycles. The number of hydrogen-bond acceptors (Lipinski definition) is 1. The van der Waals surface area contributed by atoms with Crippen molar-refractivity contribution in [3.05, 3.63) is 0 Å². The van der Waals surface area contributed by atoms with Crippen LogP contribution >= 0.6 is 6.04 Å². The molecule has 0 rings (SSSR count). The zero-order valence-electron chi connectivity index (χ0n) is 6.01. The maximum atomic E-state index is 9.27. The molecular weight excluding hydrogens is 137 g/mol. The smallest absolute Gasteiger partial charge is 0.0282 e. The minimum absolute atomic E-state index is 0.283. The third-order valence-electron chi connectivity index (χ3n) is 0.890. The molecule has 0 unspecified atom stereocenters. The van der Waals surface area contributed by atoms with Crippen LogP contribution in [0.5, 0.6) is 0 Å². The molecule has 50 valence electrons. The third kappa shape index (κ3) is 2.61. The van der Waals surface area contributed by atoms with Gasteiger partial charge in [-0.05, 0) is 26.0 Å². The quantitative estimate of drug-likeness (QED) is 0.485. The molecule has 0 spiro atoms. The Balaban J connectivity index is 4.67. The second-order valence-corrected chi connectivity index (χ2v) is 12.1. The second-order valence-electron chi connectivity index (χ2n) is 2.52. The fourth-order valence-electron chi connectivity index (χ4n) is 0.387.